The molecule has 1 amide bonds. The lowest BCUT2D eigenvalue weighted by molar-refractivity contribution is -0.137. The first-order valence-electron chi connectivity index (χ1n) is 9.19. The molecule has 30 heavy (non-hydrogen) atoms. The molecule has 1 fully saturated rings. The van der Waals surface area contributed by atoms with Crippen LogP contribution >= 0.6 is 0 Å². The van der Waals surface area contributed by atoms with Crippen molar-refractivity contribution in [3.05, 3.63) is 54.4 Å². The third-order valence-corrected chi connectivity index (χ3v) is 6.17. The first-order chi connectivity index (χ1) is 14.4. The number of likely N-dealkylation sites (tertiary alicyclic amines) is 1. The molecule has 1 N–H and O–H groups in total. The highest BCUT2D eigenvalue weighted by molar-refractivity contribution is 7.89. The summed E-state index contributed by atoms with van der Waals surface area (Å²) in [6.45, 7) is 1.22. The Morgan fingerprint density at radius 3 is 2.67 bits per heavy atom. The van der Waals surface area contributed by atoms with Crippen LogP contribution in [0.25, 0.3) is 0 Å². The van der Waals surface area contributed by atoms with Crippen LogP contribution in [0.2, 0.25) is 0 Å². The fourth-order valence-electron chi connectivity index (χ4n) is 3.05. The number of amides is 1. The van der Waals surface area contributed by atoms with Crippen LogP contribution in [0, 0.1) is 5.82 Å². The lowest BCUT2D eigenvalue weighted by atomic mass is 10.1. The summed E-state index contributed by atoms with van der Waals surface area (Å²) in [5, 5.41) is 16.2. The number of aromatic nitrogens is 6. The van der Waals surface area contributed by atoms with Crippen LogP contribution in [-0.2, 0) is 21.4 Å². The van der Waals surface area contributed by atoms with Gasteiger partial charge in [0.05, 0.1) is 24.6 Å². The van der Waals surface area contributed by atoms with Gasteiger partial charge in [-0.3, -0.25) is 4.79 Å². The molecule has 13 heteroatoms. The molecular weight excluding hydrogens is 415 g/mol. The molecule has 0 unspecified atom stereocenters. The molecule has 3 heterocycles. The van der Waals surface area contributed by atoms with E-state index in [1.54, 1.807) is 28.2 Å². The molecule has 0 bridgehead atoms. The van der Waals surface area contributed by atoms with Gasteiger partial charge < -0.3 is 4.90 Å². The Balaban J connectivity index is 1.23. The number of hydrogen-bond donors (Lipinski definition) is 1. The zero-order valence-electron chi connectivity index (χ0n) is 15.8. The van der Waals surface area contributed by atoms with Gasteiger partial charge in [-0.15, -0.1) is 5.10 Å². The maximum absolute atomic E-state index is 13.7. The quantitative estimate of drug-likeness (QED) is 0.520. The maximum Gasteiger partial charge on any atom is 0.243 e. The average molecular weight is 434 g/mol. The molecular formula is C17H19FN8O3S. The van der Waals surface area contributed by atoms with Crippen LogP contribution in [-0.4, -0.2) is 68.8 Å². The maximum atomic E-state index is 13.7. The third kappa shape index (κ3) is 4.36. The average Bonchev–Trinajstić information content (AvgIpc) is 3.33. The summed E-state index contributed by atoms with van der Waals surface area (Å²) in [5.41, 5.74) is 0.707. The monoisotopic (exact) mass is 434 g/mol. The van der Waals surface area contributed by atoms with E-state index in [1.807, 2.05) is 0 Å². The normalized spacial score (nSPS) is 14.6. The number of hydrogen-bond acceptors (Lipinski definition) is 7. The molecule has 158 valence electrons. The van der Waals surface area contributed by atoms with Gasteiger partial charge >= 0.3 is 0 Å². The van der Waals surface area contributed by atoms with Crippen LogP contribution in [0.1, 0.15) is 18.2 Å². The number of benzene rings is 1. The van der Waals surface area contributed by atoms with Crippen LogP contribution in [0.4, 0.5) is 4.39 Å². The van der Waals surface area contributed by atoms with Gasteiger partial charge in [-0.1, -0.05) is 17.3 Å². The smallest absolute Gasteiger partial charge is 0.243 e. The molecule has 4 rings (SSSR count). The van der Waals surface area contributed by atoms with Crippen LogP contribution in [0.15, 0.2) is 47.8 Å². The first kappa shape index (κ1) is 20.1. The number of carbonyl (C=O) groups excluding carboxylic acids is 1. The minimum atomic E-state index is -4.00. The fraction of sp³-hybridized carbons (Fsp3) is 0.353. The summed E-state index contributed by atoms with van der Waals surface area (Å²) in [7, 11) is -4.00. The Hall–Kier alpha value is -3.19. The van der Waals surface area contributed by atoms with Crippen LogP contribution in [0.3, 0.4) is 0 Å². The van der Waals surface area contributed by atoms with E-state index in [9.17, 15) is 17.6 Å². The number of rotatable bonds is 8. The van der Waals surface area contributed by atoms with E-state index in [2.05, 4.69) is 25.2 Å². The molecule has 0 radical (unpaired) electrons. The van der Waals surface area contributed by atoms with E-state index in [1.165, 1.54) is 23.0 Å². The number of halogens is 1. The van der Waals surface area contributed by atoms with E-state index < -0.39 is 20.7 Å². The van der Waals surface area contributed by atoms with Gasteiger partial charge in [-0.2, -0.15) is 15.0 Å². The van der Waals surface area contributed by atoms with Crippen molar-refractivity contribution in [2.24, 2.45) is 0 Å². The largest absolute Gasteiger partial charge is 0.338 e. The van der Waals surface area contributed by atoms with Gasteiger partial charge in [0.15, 0.2) is 0 Å². The second kappa shape index (κ2) is 8.28. The van der Waals surface area contributed by atoms with Crippen molar-refractivity contribution in [3.63, 3.8) is 0 Å². The Bertz CT molecular complexity index is 1130. The topological polar surface area (TPSA) is 128 Å². The minimum Gasteiger partial charge on any atom is -0.338 e. The lowest BCUT2D eigenvalue weighted by Crippen LogP contribution is -2.51. The standard InChI is InChI=1S/C17H19FN8O3S/c18-15-3-1-2-4-16(15)30(28,29)21-6-5-17(27)24-11-14(12-24)25-9-13(22-23-25)10-26-19-7-8-20-26/h1-4,7-9,14,21H,5-6,10-12H2. The van der Waals surface area contributed by atoms with Crippen molar-refractivity contribution in [2.75, 3.05) is 19.6 Å². The second-order valence-corrected chi connectivity index (χ2v) is 8.52. The predicted octanol–water partition coefficient (Wildman–Crippen LogP) is -0.191. The van der Waals surface area contributed by atoms with E-state index in [-0.39, 0.29) is 24.9 Å². The van der Waals surface area contributed by atoms with Crippen molar-refractivity contribution < 1.29 is 17.6 Å². The second-order valence-electron chi connectivity index (χ2n) is 6.78. The van der Waals surface area contributed by atoms with Crippen molar-refractivity contribution in [1.82, 2.24) is 39.6 Å². The van der Waals surface area contributed by atoms with E-state index >= 15 is 0 Å². The van der Waals surface area contributed by atoms with Gasteiger partial charge in [-0.25, -0.2) is 22.2 Å². The summed E-state index contributed by atoms with van der Waals surface area (Å²) in [4.78, 5) is 14.9. The van der Waals surface area contributed by atoms with E-state index in [0.717, 1.165) is 6.07 Å². The number of sulfonamides is 1. The van der Waals surface area contributed by atoms with Gasteiger partial charge in [0.1, 0.15) is 23.0 Å². The summed E-state index contributed by atoms with van der Waals surface area (Å²) >= 11 is 0. The molecule has 0 spiro atoms. The Morgan fingerprint density at radius 1 is 1.20 bits per heavy atom. The van der Waals surface area contributed by atoms with Crippen molar-refractivity contribution in [1.29, 1.82) is 0 Å². The highest BCUT2D eigenvalue weighted by atomic mass is 32.2. The molecule has 1 aliphatic rings. The van der Waals surface area contributed by atoms with Crippen molar-refractivity contribution in [3.8, 4) is 0 Å². The minimum absolute atomic E-state index is 0.0101. The van der Waals surface area contributed by atoms with Crippen LogP contribution < -0.4 is 4.72 Å². The van der Waals surface area contributed by atoms with Gasteiger partial charge in [0.2, 0.25) is 15.9 Å². The number of nitrogens with one attached hydrogen (secondary N) is 1. The summed E-state index contributed by atoms with van der Waals surface area (Å²) in [6, 6.07) is 5.10. The zero-order chi connectivity index (χ0) is 21.1. The van der Waals surface area contributed by atoms with E-state index in [4.69, 9.17) is 0 Å². The summed E-state index contributed by atoms with van der Waals surface area (Å²) in [6.07, 6.45) is 4.93. The summed E-state index contributed by atoms with van der Waals surface area (Å²) < 4.78 is 41.9. The highest BCUT2D eigenvalue weighted by Gasteiger charge is 2.32. The molecule has 11 nitrogen and oxygen atoms in total. The Labute approximate surface area is 171 Å². The lowest BCUT2D eigenvalue weighted by Gasteiger charge is -2.38. The Morgan fingerprint density at radius 2 is 1.93 bits per heavy atom. The molecule has 0 aliphatic carbocycles. The molecule has 0 atom stereocenters. The molecule has 1 aliphatic heterocycles. The Kier molecular flexibility index (Phi) is 5.55. The predicted molar refractivity (Wildman–Crippen MR) is 101 cm³/mol. The van der Waals surface area contributed by atoms with Gasteiger partial charge in [-0.05, 0) is 12.1 Å². The highest BCUT2D eigenvalue weighted by Crippen LogP contribution is 2.21. The molecule has 2 aromatic heterocycles. The molecule has 3 aromatic rings. The summed E-state index contributed by atoms with van der Waals surface area (Å²) in [5.74, 6) is -1.03. The third-order valence-electron chi connectivity index (χ3n) is 4.67. The van der Waals surface area contributed by atoms with Crippen molar-refractivity contribution >= 4 is 15.9 Å². The first-order valence-corrected chi connectivity index (χ1v) is 10.7. The fourth-order valence-corrected chi connectivity index (χ4v) is 4.16. The van der Waals surface area contributed by atoms with Gasteiger partial charge in [0.25, 0.3) is 0 Å². The SMILES string of the molecule is O=C(CCNS(=O)(=O)c1ccccc1F)N1CC(n2cc(Cn3nccn3)nn2)C1. The molecule has 0 saturated carbocycles. The molecule has 1 aromatic carbocycles. The molecule has 1 saturated heterocycles. The number of carbonyl (C=O) groups is 1. The van der Waals surface area contributed by atoms with E-state index in [0.29, 0.717) is 25.3 Å². The van der Waals surface area contributed by atoms with Crippen molar-refractivity contribution in [2.45, 2.75) is 23.9 Å². The van der Waals surface area contributed by atoms with Gasteiger partial charge in [0, 0.05) is 26.1 Å². The number of nitrogens with zero attached hydrogens (tertiary/aromatic N) is 7. The zero-order valence-corrected chi connectivity index (χ0v) is 16.6. The van der Waals surface area contributed by atoms with Crippen LogP contribution in [0.5, 0.6) is 0 Å².